The third-order valence-electron chi connectivity index (χ3n) is 5.99. The lowest BCUT2D eigenvalue weighted by atomic mass is 9.87. The number of aliphatic hydroxyl groups is 1. The minimum atomic E-state index is -0.905. The molecule has 1 heterocycles. The summed E-state index contributed by atoms with van der Waals surface area (Å²) in [5.41, 5.74) is 2.28. The summed E-state index contributed by atoms with van der Waals surface area (Å²) in [7, 11) is 0. The Balaban J connectivity index is 1.55. The van der Waals surface area contributed by atoms with E-state index in [0.717, 1.165) is 24.7 Å². The van der Waals surface area contributed by atoms with Gasteiger partial charge in [-0.2, -0.15) is 0 Å². The highest BCUT2D eigenvalue weighted by atomic mass is 35.5. The van der Waals surface area contributed by atoms with E-state index < -0.39 is 17.8 Å². The van der Waals surface area contributed by atoms with Crippen molar-refractivity contribution < 1.29 is 24.2 Å². The van der Waals surface area contributed by atoms with Crippen LogP contribution >= 0.6 is 22.9 Å². The second kappa shape index (κ2) is 11.0. The second-order valence-electron chi connectivity index (χ2n) is 9.91. The highest BCUT2D eigenvalue weighted by Gasteiger charge is 2.33. The van der Waals surface area contributed by atoms with Gasteiger partial charge in [0.15, 0.2) is 11.3 Å². The molecule has 3 aromatic rings. The molecule has 1 aromatic heterocycles. The maximum absolute atomic E-state index is 13.3. The largest absolute Gasteiger partial charge is 0.447 e. The monoisotopic (exact) mass is 527 g/mol. The molecule has 6 nitrogen and oxygen atoms in total. The first-order valence-corrected chi connectivity index (χ1v) is 13.1. The Morgan fingerprint density at radius 1 is 1.19 bits per heavy atom. The minimum Gasteiger partial charge on any atom is -0.447 e. The summed E-state index contributed by atoms with van der Waals surface area (Å²) in [5.74, 6) is 0.677. The summed E-state index contributed by atoms with van der Waals surface area (Å²) >= 11 is 7.41. The van der Waals surface area contributed by atoms with Crippen LogP contribution in [0.25, 0.3) is 0 Å². The smallest absolute Gasteiger partial charge is 0.410 e. The number of ether oxygens (including phenoxy) is 2. The van der Waals surface area contributed by atoms with Crippen LogP contribution in [0.1, 0.15) is 59.7 Å². The van der Waals surface area contributed by atoms with E-state index in [4.69, 9.17) is 21.1 Å². The van der Waals surface area contributed by atoms with Crippen molar-refractivity contribution >= 4 is 35.3 Å². The molecule has 8 heteroatoms. The molecule has 4 rings (SSSR count). The van der Waals surface area contributed by atoms with Gasteiger partial charge in [0.25, 0.3) is 0 Å². The number of thiophene rings is 1. The van der Waals surface area contributed by atoms with Crippen LogP contribution in [0.15, 0.2) is 54.6 Å². The van der Waals surface area contributed by atoms with Crippen LogP contribution in [0.2, 0.25) is 5.02 Å². The van der Waals surface area contributed by atoms with E-state index in [1.807, 2.05) is 39.0 Å². The number of benzene rings is 2. The Labute approximate surface area is 220 Å². The SMILES string of the molecule is CC(C)(C)OC(=O)N(C[C@@H](O)c1cccc(Cl)c1)[C@H]1CCc2ccc(Oc3ccc(C=O)s3)cc2C1. The standard InChI is InChI=1S/C28H30ClNO5S/c1-28(2,3)35-27(33)30(16-25(32)19-5-4-6-21(29)13-19)22-9-7-18-8-10-23(15-20(18)14-22)34-26-12-11-24(17-31)36-26/h4-6,8,10-13,15,17,22,25,32H,7,9,14,16H2,1-3H3/t22-,25+/m0/s1. The summed E-state index contributed by atoms with van der Waals surface area (Å²) in [6.07, 6.45) is 1.60. The Kier molecular flexibility index (Phi) is 8.03. The lowest BCUT2D eigenvalue weighted by Crippen LogP contribution is -2.47. The lowest BCUT2D eigenvalue weighted by molar-refractivity contribution is 0.00195. The quantitative estimate of drug-likeness (QED) is 0.341. The van der Waals surface area contributed by atoms with Gasteiger partial charge in [-0.05, 0) is 93.1 Å². The molecule has 0 saturated heterocycles. The Bertz CT molecular complexity index is 1230. The van der Waals surface area contributed by atoms with Gasteiger partial charge in [-0.3, -0.25) is 4.79 Å². The Morgan fingerprint density at radius 3 is 2.69 bits per heavy atom. The molecule has 36 heavy (non-hydrogen) atoms. The highest BCUT2D eigenvalue weighted by Crippen LogP contribution is 2.33. The van der Waals surface area contributed by atoms with Gasteiger partial charge in [-0.25, -0.2) is 4.79 Å². The molecule has 0 bridgehead atoms. The zero-order valence-electron chi connectivity index (χ0n) is 20.6. The number of aldehydes is 1. The maximum Gasteiger partial charge on any atom is 0.410 e. The van der Waals surface area contributed by atoms with Crippen LogP contribution < -0.4 is 4.74 Å². The average molecular weight is 528 g/mol. The molecule has 0 fully saturated rings. The fraction of sp³-hybridized carbons (Fsp3) is 0.357. The van der Waals surface area contributed by atoms with Crippen LogP contribution in [0.4, 0.5) is 4.79 Å². The number of amides is 1. The predicted molar refractivity (Wildman–Crippen MR) is 141 cm³/mol. The number of fused-ring (bicyclic) bond motifs is 1. The van der Waals surface area contributed by atoms with E-state index in [0.29, 0.717) is 32.7 Å². The molecule has 2 atom stereocenters. The van der Waals surface area contributed by atoms with Crippen molar-refractivity contribution in [2.75, 3.05) is 6.54 Å². The van der Waals surface area contributed by atoms with E-state index in [1.165, 1.54) is 16.9 Å². The Hall–Kier alpha value is -2.87. The van der Waals surface area contributed by atoms with E-state index in [9.17, 15) is 14.7 Å². The van der Waals surface area contributed by atoms with Crippen molar-refractivity contribution in [2.45, 2.75) is 57.8 Å². The number of aryl methyl sites for hydroxylation is 1. The van der Waals surface area contributed by atoms with Crippen molar-refractivity contribution in [3.63, 3.8) is 0 Å². The van der Waals surface area contributed by atoms with E-state index in [-0.39, 0.29) is 12.6 Å². The maximum atomic E-state index is 13.3. The first-order chi connectivity index (χ1) is 17.1. The van der Waals surface area contributed by atoms with E-state index >= 15 is 0 Å². The van der Waals surface area contributed by atoms with Crippen LogP contribution in [-0.4, -0.2) is 40.6 Å². The van der Waals surface area contributed by atoms with Crippen molar-refractivity contribution in [3.05, 3.63) is 81.2 Å². The van der Waals surface area contributed by atoms with Crippen molar-refractivity contribution in [3.8, 4) is 10.8 Å². The van der Waals surface area contributed by atoms with Gasteiger partial charge in [0.2, 0.25) is 0 Å². The molecular weight excluding hydrogens is 498 g/mol. The van der Waals surface area contributed by atoms with E-state index in [1.54, 1.807) is 41.3 Å². The van der Waals surface area contributed by atoms with Crippen molar-refractivity contribution in [1.82, 2.24) is 4.90 Å². The molecule has 1 aliphatic rings. The molecule has 0 spiro atoms. The molecule has 1 aliphatic carbocycles. The number of rotatable bonds is 7. The van der Waals surface area contributed by atoms with Crippen LogP contribution in [0.3, 0.4) is 0 Å². The topological polar surface area (TPSA) is 76.1 Å². The molecule has 1 amide bonds. The fourth-order valence-electron chi connectivity index (χ4n) is 4.31. The zero-order chi connectivity index (χ0) is 25.9. The molecule has 190 valence electrons. The third-order valence-corrected chi connectivity index (χ3v) is 7.11. The average Bonchev–Trinajstić information content (AvgIpc) is 3.28. The Morgan fingerprint density at radius 2 is 2.00 bits per heavy atom. The molecule has 0 unspecified atom stereocenters. The third kappa shape index (κ3) is 6.66. The van der Waals surface area contributed by atoms with Gasteiger partial charge in [-0.1, -0.05) is 41.1 Å². The minimum absolute atomic E-state index is 0.0924. The van der Waals surface area contributed by atoms with Crippen LogP contribution in [0, 0.1) is 0 Å². The molecule has 0 aliphatic heterocycles. The molecule has 0 radical (unpaired) electrons. The first kappa shape index (κ1) is 26.2. The normalized spacial score (nSPS) is 16.1. The number of hydrogen-bond acceptors (Lipinski definition) is 6. The second-order valence-corrected chi connectivity index (χ2v) is 11.4. The summed E-state index contributed by atoms with van der Waals surface area (Å²) in [6.45, 7) is 5.58. The van der Waals surface area contributed by atoms with Crippen LogP contribution in [-0.2, 0) is 17.6 Å². The molecule has 0 saturated carbocycles. The number of halogens is 1. The molecular formula is C28H30ClNO5S. The summed E-state index contributed by atoms with van der Waals surface area (Å²) in [4.78, 5) is 26.5. The van der Waals surface area contributed by atoms with Crippen molar-refractivity contribution in [1.29, 1.82) is 0 Å². The number of aliphatic hydroxyl groups excluding tert-OH is 1. The van der Waals surface area contributed by atoms with Gasteiger partial charge in [0.1, 0.15) is 11.4 Å². The summed E-state index contributed by atoms with van der Waals surface area (Å²) in [5, 5.41) is 12.1. The van der Waals surface area contributed by atoms with Gasteiger partial charge in [0, 0.05) is 11.1 Å². The van der Waals surface area contributed by atoms with E-state index in [2.05, 4.69) is 0 Å². The van der Waals surface area contributed by atoms with Crippen molar-refractivity contribution in [2.24, 2.45) is 0 Å². The fourth-order valence-corrected chi connectivity index (χ4v) is 5.20. The van der Waals surface area contributed by atoms with Gasteiger partial charge in [0.05, 0.1) is 17.5 Å². The van der Waals surface area contributed by atoms with Gasteiger partial charge < -0.3 is 19.5 Å². The number of hydrogen-bond donors (Lipinski definition) is 1. The highest BCUT2D eigenvalue weighted by molar-refractivity contribution is 7.15. The summed E-state index contributed by atoms with van der Waals surface area (Å²) in [6, 6.07) is 16.3. The lowest BCUT2D eigenvalue weighted by Gasteiger charge is -2.37. The number of carbonyl (C=O) groups excluding carboxylic acids is 2. The number of nitrogens with zero attached hydrogens (tertiary/aromatic N) is 1. The van der Waals surface area contributed by atoms with Gasteiger partial charge in [-0.15, -0.1) is 0 Å². The first-order valence-electron chi connectivity index (χ1n) is 11.9. The van der Waals surface area contributed by atoms with Crippen LogP contribution in [0.5, 0.6) is 10.8 Å². The predicted octanol–water partition coefficient (Wildman–Crippen LogP) is 6.83. The summed E-state index contributed by atoms with van der Waals surface area (Å²) < 4.78 is 11.7. The molecule has 1 N–H and O–H groups in total. The zero-order valence-corrected chi connectivity index (χ0v) is 22.1. The number of carbonyl (C=O) groups is 2. The molecule has 2 aromatic carbocycles. The van der Waals surface area contributed by atoms with Gasteiger partial charge >= 0.3 is 6.09 Å².